The predicted molar refractivity (Wildman–Crippen MR) is 67.6 cm³/mol. The van der Waals surface area contributed by atoms with E-state index >= 15 is 0 Å². The fourth-order valence-electron chi connectivity index (χ4n) is 2.09. The Kier molecular flexibility index (Phi) is 3.60. The lowest BCUT2D eigenvalue weighted by molar-refractivity contribution is 0.276. The molecule has 1 aromatic heterocycles. The van der Waals surface area contributed by atoms with Crippen LogP contribution in [0.15, 0.2) is 18.3 Å². The number of pyridine rings is 1. The predicted octanol–water partition coefficient (Wildman–Crippen LogP) is 1.71. The molecule has 0 bridgehead atoms. The quantitative estimate of drug-likeness (QED) is 0.836. The maximum absolute atomic E-state index is 8.97. The fraction of sp³-hybridized carbons (Fsp3) is 0.538. The Labute approximate surface area is 102 Å². The van der Waals surface area contributed by atoms with Gasteiger partial charge in [-0.1, -0.05) is 0 Å². The van der Waals surface area contributed by atoms with Crippen LogP contribution >= 0.6 is 0 Å². The molecule has 0 aliphatic heterocycles. The van der Waals surface area contributed by atoms with Crippen molar-refractivity contribution in [2.45, 2.75) is 18.9 Å². The van der Waals surface area contributed by atoms with E-state index in [1.54, 1.807) is 18.3 Å². The second kappa shape index (κ2) is 5.15. The number of rotatable bonds is 5. The average molecular weight is 230 g/mol. The molecule has 4 heteroatoms. The summed E-state index contributed by atoms with van der Waals surface area (Å²) >= 11 is 0. The molecule has 1 aliphatic rings. The summed E-state index contributed by atoms with van der Waals surface area (Å²) in [6.45, 7) is 0.851. The normalized spacial score (nSPS) is 16.6. The van der Waals surface area contributed by atoms with Gasteiger partial charge < -0.3 is 10.2 Å². The van der Waals surface area contributed by atoms with Crippen molar-refractivity contribution in [3.8, 4) is 6.07 Å². The van der Waals surface area contributed by atoms with Gasteiger partial charge in [-0.05, 0) is 45.0 Å². The van der Waals surface area contributed by atoms with Gasteiger partial charge in [0.2, 0.25) is 0 Å². The molecule has 1 saturated carbocycles. The molecular weight excluding hydrogens is 212 g/mol. The van der Waals surface area contributed by atoms with Gasteiger partial charge in [-0.3, -0.25) is 0 Å². The molecule has 4 nitrogen and oxygen atoms in total. The maximum Gasteiger partial charge on any atom is 0.143 e. The first-order valence-corrected chi connectivity index (χ1v) is 5.98. The average Bonchev–Trinajstić information content (AvgIpc) is 3.14. The topological polar surface area (TPSA) is 52.0 Å². The minimum Gasteiger partial charge on any atom is -0.367 e. The van der Waals surface area contributed by atoms with Crippen LogP contribution < -0.4 is 5.32 Å². The Morgan fingerprint density at radius 2 is 2.35 bits per heavy atom. The molecule has 2 rings (SSSR count). The minimum atomic E-state index is 0.531. The third-order valence-corrected chi connectivity index (χ3v) is 3.24. The van der Waals surface area contributed by atoms with Crippen molar-refractivity contribution in [3.05, 3.63) is 23.9 Å². The van der Waals surface area contributed by atoms with Gasteiger partial charge in [0.25, 0.3) is 0 Å². The smallest absolute Gasteiger partial charge is 0.143 e. The van der Waals surface area contributed by atoms with E-state index in [2.05, 4.69) is 35.4 Å². The number of likely N-dealkylation sites (N-methyl/N-ethyl adjacent to an activating group) is 1. The number of nitriles is 1. The number of hydrogen-bond acceptors (Lipinski definition) is 4. The summed E-state index contributed by atoms with van der Waals surface area (Å²) in [6.07, 6.45) is 4.35. The van der Waals surface area contributed by atoms with Crippen LogP contribution in [0.1, 0.15) is 18.4 Å². The van der Waals surface area contributed by atoms with E-state index in [1.165, 1.54) is 12.8 Å². The zero-order valence-corrected chi connectivity index (χ0v) is 10.3. The Morgan fingerprint density at radius 1 is 1.59 bits per heavy atom. The van der Waals surface area contributed by atoms with E-state index in [0.29, 0.717) is 17.4 Å². The van der Waals surface area contributed by atoms with Crippen molar-refractivity contribution >= 4 is 5.82 Å². The van der Waals surface area contributed by atoms with Gasteiger partial charge in [-0.25, -0.2) is 4.98 Å². The summed E-state index contributed by atoms with van der Waals surface area (Å²) < 4.78 is 0. The van der Waals surface area contributed by atoms with Gasteiger partial charge in [-0.2, -0.15) is 5.26 Å². The van der Waals surface area contributed by atoms with Gasteiger partial charge in [0.05, 0.1) is 5.56 Å². The van der Waals surface area contributed by atoms with Gasteiger partial charge in [0.15, 0.2) is 0 Å². The number of aromatic nitrogens is 1. The van der Waals surface area contributed by atoms with E-state index in [-0.39, 0.29) is 0 Å². The lowest BCUT2D eigenvalue weighted by atomic mass is 10.1. The fourth-order valence-corrected chi connectivity index (χ4v) is 2.09. The SMILES string of the molecule is CN(C)C(CNc1ncccc1C#N)C1CC1. The Hall–Kier alpha value is -1.60. The van der Waals surface area contributed by atoms with Crippen LogP contribution in [0.25, 0.3) is 0 Å². The summed E-state index contributed by atoms with van der Waals surface area (Å²) in [4.78, 5) is 6.46. The summed E-state index contributed by atoms with van der Waals surface area (Å²) in [5, 5.41) is 12.3. The van der Waals surface area contributed by atoms with Crippen LogP contribution in [-0.4, -0.2) is 36.6 Å². The largest absolute Gasteiger partial charge is 0.367 e. The van der Waals surface area contributed by atoms with Gasteiger partial charge in [0, 0.05) is 18.8 Å². The monoisotopic (exact) mass is 230 g/mol. The van der Waals surface area contributed by atoms with Gasteiger partial charge in [0.1, 0.15) is 11.9 Å². The molecule has 0 aromatic carbocycles. The third kappa shape index (κ3) is 2.95. The highest BCUT2D eigenvalue weighted by Crippen LogP contribution is 2.34. The summed E-state index contributed by atoms with van der Waals surface area (Å²) in [6, 6.07) is 6.26. The number of anilines is 1. The molecule has 1 unspecified atom stereocenters. The van der Waals surface area contributed by atoms with Crippen LogP contribution in [0.3, 0.4) is 0 Å². The highest BCUT2D eigenvalue weighted by Gasteiger charge is 2.32. The zero-order valence-electron chi connectivity index (χ0n) is 10.3. The van der Waals surface area contributed by atoms with Crippen molar-refractivity contribution < 1.29 is 0 Å². The molecule has 90 valence electrons. The molecule has 0 spiro atoms. The van der Waals surface area contributed by atoms with Crippen molar-refractivity contribution in [1.82, 2.24) is 9.88 Å². The lowest BCUT2D eigenvalue weighted by Crippen LogP contribution is -2.36. The van der Waals surface area contributed by atoms with Crippen LogP contribution in [0.4, 0.5) is 5.82 Å². The standard InChI is InChI=1S/C13H18N4/c1-17(2)12(10-5-6-10)9-16-13-11(8-14)4-3-7-15-13/h3-4,7,10,12H,5-6,9H2,1-2H3,(H,15,16). The lowest BCUT2D eigenvalue weighted by Gasteiger charge is -2.24. The van der Waals surface area contributed by atoms with Crippen LogP contribution in [-0.2, 0) is 0 Å². The van der Waals surface area contributed by atoms with E-state index in [0.717, 1.165) is 12.5 Å². The first-order chi connectivity index (χ1) is 8.22. The highest BCUT2D eigenvalue weighted by atomic mass is 15.1. The molecule has 1 fully saturated rings. The number of nitrogens with zero attached hydrogens (tertiary/aromatic N) is 3. The Morgan fingerprint density at radius 3 is 2.94 bits per heavy atom. The summed E-state index contributed by atoms with van der Waals surface area (Å²) in [5.41, 5.74) is 0.612. The maximum atomic E-state index is 8.97. The highest BCUT2D eigenvalue weighted by molar-refractivity contribution is 5.51. The molecule has 1 atom stereocenters. The van der Waals surface area contributed by atoms with Gasteiger partial charge >= 0.3 is 0 Å². The minimum absolute atomic E-state index is 0.531. The van der Waals surface area contributed by atoms with Crippen molar-refractivity contribution in [2.75, 3.05) is 26.0 Å². The van der Waals surface area contributed by atoms with Crippen LogP contribution in [0, 0.1) is 17.2 Å². The van der Waals surface area contributed by atoms with Crippen molar-refractivity contribution in [3.63, 3.8) is 0 Å². The van der Waals surface area contributed by atoms with Gasteiger partial charge in [-0.15, -0.1) is 0 Å². The summed E-state index contributed by atoms with van der Waals surface area (Å²) in [5.74, 6) is 1.49. The van der Waals surface area contributed by atoms with Crippen molar-refractivity contribution in [1.29, 1.82) is 5.26 Å². The number of nitrogens with one attached hydrogen (secondary N) is 1. The molecule has 1 N–H and O–H groups in total. The molecule has 1 heterocycles. The Bertz CT molecular complexity index is 416. The Balaban J connectivity index is 1.99. The molecule has 1 aromatic rings. The summed E-state index contributed by atoms with van der Waals surface area (Å²) in [7, 11) is 4.21. The van der Waals surface area contributed by atoms with E-state index < -0.39 is 0 Å². The van der Waals surface area contributed by atoms with Crippen LogP contribution in [0.5, 0.6) is 0 Å². The second-order valence-electron chi connectivity index (χ2n) is 4.76. The van der Waals surface area contributed by atoms with Crippen molar-refractivity contribution in [2.24, 2.45) is 5.92 Å². The van der Waals surface area contributed by atoms with E-state index in [9.17, 15) is 0 Å². The second-order valence-corrected chi connectivity index (χ2v) is 4.76. The van der Waals surface area contributed by atoms with Crippen LogP contribution in [0.2, 0.25) is 0 Å². The third-order valence-electron chi connectivity index (χ3n) is 3.24. The molecule has 1 aliphatic carbocycles. The molecule has 0 saturated heterocycles. The van der Waals surface area contributed by atoms with E-state index in [1.807, 2.05) is 0 Å². The molecular formula is C13H18N4. The first kappa shape index (κ1) is 11.9. The van der Waals surface area contributed by atoms with E-state index in [4.69, 9.17) is 5.26 Å². The molecule has 17 heavy (non-hydrogen) atoms. The molecule has 0 amide bonds. The first-order valence-electron chi connectivity index (χ1n) is 5.98. The zero-order chi connectivity index (χ0) is 12.3. The number of hydrogen-bond donors (Lipinski definition) is 1. The molecule has 0 radical (unpaired) electrons.